The van der Waals surface area contributed by atoms with Crippen molar-refractivity contribution in [3.8, 4) is 39.3 Å². The van der Waals surface area contributed by atoms with E-state index in [1.165, 1.54) is 149 Å². The first-order chi connectivity index (χ1) is 35.5. The van der Waals surface area contributed by atoms with E-state index in [0.29, 0.717) is 0 Å². The number of hydrogen-bond donors (Lipinski definition) is 0. The summed E-state index contributed by atoms with van der Waals surface area (Å²) in [6, 6.07) is 67.5. The van der Waals surface area contributed by atoms with E-state index in [9.17, 15) is 0 Å². The van der Waals surface area contributed by atoms with Crippen LogP contribution >= 0.6 is 0 Å². The van der Waals surface area contributed by atoms with Crippen LogP contribution in [0.5, 0.6) is 0 Å². The molecule has 3 heteroatoms. The molecule has 3 nitrogen and oxygen atoms in total. The Labute approximate surface area is 425 Å². The standard InChI is InChI=1S/C70H53N3/c1-68(2)53-26-9-7-8-20-44(53)47-35-32-41(38-56(47)68)71-59-29-17-12-23-50(59)62-65(71)63-51-24-13-18-30-60(51)72(42-33-36-48-45-21-10-15-27-54(45)69(3,4)57(48)39-42)67(63)64-52-25-14-19-31-61(52)73(66(62)64)43-34-37-49-46-22-11-16-28-55(46)70(5,6)58(49)40-43/h8-40H,7H2,1-6H3. The maximum absolute atomic E-state index is 2.63. The monoisotopic (exact) mass is 935 g/mol. The Hall–Kier alpha value is -8.40. The van der Waals surface area contributed by atoms with E-state index < -0.39 is 0 Å². The van der Waals surface area contributed by atoms with Crippen molar-refractivity contribution in [2.24, 2.45) is 0 Å². The predicted molar refractivity (Wildman–Crippen MR) is 307 cm³/mol. The van der Waals surface area contributed by atoms with Crippen LogP contribution < -0.4 is 0 Å². The Bertz CT molecular complexity index is 4460. The third-order valence-corrected chi connectivity index (χ3v) is 18.0. The van der Waals surface area contributed by atoms with Crippen LogP contribution in [0.3, 0.4) is 0 Å². The van der Waals surface area contributed by atoms with Crippen molar-refractivity contribution in [2.45, 2.75) is 64.2 Å². The molecule has 0 fully saturated rings. The van der Waals surface area contributed by atoms with Gasteiger partial charge in [-0.05, 0) is 128 Å². The van der Waals surface area contributed by atoms with Crippen LogP contribution in [0, 0.1) is 0 Å². The molecule has 348 valence electrons. The van der Waals surface area contributed by atoms with Crippen molar-refractivity contribution in [3.63, 3.8) is 0 Å². The normalized spacial score (nSPS) is 16.5. The predicted octanol–water partition coefficient (Wildman–Crippen LogP) is 18.2. The third kappa shape index (κ3) is 5.10. The summed E-state index contributed by atoms with van der Waals surface area (Å²) in [6.45, 7) is 14.4. The van der Waals surface area contributed by atoms with Gasteiger partial charge in [0.05, 0.1) is 33.1 Å². The molecule has 73 heavy (non-hydrogen) atoms. The molecule has 0 radical (unpaired) electrons. The van der Waals surface area contributed by atoms with Crippen molar-refractivity contribution in [3.05, 3.63) is 239 Å². The van der Waals surface area contributed by atoms with Gasteiger partial charge in [0, 0.05) is 65.6 Å². The van der Waals surface area contributed by atoms with Gasteiger partial charge >= 0.3 is 0 Å². The molecule has 3 heterocycles. The summed E-state index contributed by atoms with van der Waals surface area (Å²) >= 11 is 0. The van der Waals surface area contributed by atoms with Gasteiger partial charge in [0.2, 0.25) is 0 Å². The highest BCUT2D eigenvalue weighted by Gasteiger charge is 2.39. The number of para-hydroxylation sites is 3. The largest absolute Gasteiger partial charge is 0.308 e. The van der Waals surface area contributed by atoms with Gasteiger partial charge in [-0.25, -0.2) is 0 Å². The average Bonchev–Trinajstić information content (AvgIpc) is 4.21. The molecule has 4 aliphatic carbocycles. The highest BCUT2D eigenvalue weighted by molar-refractivity contribution is 6.40. The van der Waals surface area contributed by atoms with Gasteiger partial charge in [-0.1, -0.05) is 187 Å². The number of hydrogen-bond acceptors (Lipinski definition) is 0. The second kappa shape index (κ2) is 14.0. The maximum atomic E-state index is 2.63. The first-order valence-electron chi connectivity index (χ1n) is 26.2. The van der Waals surface area contributed by atoms with E-state index in [1.807, 2.05) is 0 Å². The van der Waals surface area contributed by atoms with E-state index in [2.05, 4.69) is 255 Å². The molecule has 0 saturated heterocycles. The number of allylic oxidation sites excluding steroid dienone is 6. The van der Waals surface area contributed by atoms with Gasteiger partial charge < -0.3 is 13.7 Å². The number of nitrogens with zero attached hydrogens (tertiary/aromatic N) is 3. The van der Waals surface area contributed by atoms with Crippen LogP contribution in [0.2, 0.25) is 0 Å². The number of rotatable bonds is 3. The molecule has 0 atom stereocenters. The Morgan fingerprint density at radius 2 is 0.685 bits per heavy atom. The maximum Gasteiger partial charge on any atom is 0.0663 e. The fraction of sp³-hybridized carbons (Fsp3) is 0.143. The summed E-state index contributed by atoms with van der Waals surface area (Å²) in [4.78, 5) is 0. The van der Waals surface area contributed by atoms with Gasteiger partial charge in [-0.3, -0.25) is 0 Å². The van der Waals surface area contributed by atoms with E-state index in [1.54, 1.807) is 0 Å². The minimum Gasteiger partial charge on any atom is -0.308 e. The molecule has 0 bridgehead atoms. The van der Waals surface area contributed by atoms with Crippen molar-refractivity contribution in [1.29, 1.82) is 0 Å². The zero-order valence-electron chi connectivity index (χ0n) is 42.1. The first kappa shape index (κ1) is 41.2. The fourth-order valence-electron chi connectivity index (χ4n) is 14.6. The van der Waals surface area contributed by atoms with E-state index in [0.717, 1.165) is 6.42 Å². The first-order valence-corrected chi connectivity index (χ1v) is 26.2. The molecule has 0 saturated carbocycles. The van der Waals surface area contributed by atoms with Crippen LogP contribution in [0.1, 0.15) is 81.3 Å². The lowest BCUT2D eigenvalue weighted by Crippen LogP contribution is -2.16. The molecule has 12 aromatic rings. The fourth-order valence-corrected chi connectivity index (χ4v) is 14.6. The van der Waals surface area contributed by atoms with Crippen molar-refractivity contribution < 1.29 is 0 Å². The molecule has 0 amide bonds. The van der Waals surface area contributed by atoms with Gasteiger partial charge in [-0.15, -0.1) is 0 Å². The Morgan fingerprint density at radius 3 is 1.14 bits per heavy atom. The number of benzene rings is 9. The van der Waals surface area contributed by atoms with E-state index in [-0.39, 0.29) is 16.2 Å². The topological polar surface area (TPSA) is 14.8 Å². The molecule has 3 aromatic heterocycles. The van der Waals surface area contributed by atoms with Gasteiger partial charge in [0.15, 0.2) is 0 Å². The summed E-state index contributed by atoms with van der Waals surface area (Å²) in [5.74, 6) is 0. The molecular weight excluding hydrogens is 883 g/mol. The zero-order chi connectivity index (χ0) is 48.9. The average molecular weight is 936 g/mol. The van der Waals surface area contributed by atoms with Crippen molar-refractivity contribution in [2.75, 3.05) is 0 Å². The second-order valence-electron chi connectivity index (χ2n) is 22.8. The zero-order valence-corrected chi connectivity index (χ0v) is 42.1. The second-order valence-corrected chi connectivity index (χ2v) is 22.8. The molecule has 4 aliphatic rings. The summed E-state index contributed by atoms with van der Waals surface area (Å²) in [5.41, 5.74) is 26.6. The lowest BCUT2D eigenvalue weighted by molar-refractivity contribution is 0.653. The summed E-state index contributed by atoms with van der Waals surface area (Å²) in [6.07, 6.45) is 10.3. The van der Waals surface area contributed by atoms with Crippen molar-refractivity contribution in [1.82, 2.24) is 13.7 Å². The smallest absolute Gasteiger partial charge is 0.0663 e. The highest BCUT2D eigenvalue weighted by Crippen LogP contribution is 2.55. The summed E-state index contributed by atoms with van der Waals surface area (Å²) in [5, 5.41) is 7.54. The lowest BCUT2D eigenvalue weighted by Gasteiger charge is -2.24. The molecular formula is C70H53N3. The van der Waals surface area contributed by atoms with Crippen LogP contribution in [0.4, 0.5) is 0 Å². The minimum absolute atomic E-state index is 0.160. The van der Waals surface area contributed by atoms with Gasteiger partial charge in [0.1, 0.15) is 0 Å². The quantitative estimate of drug-likeness (QED) is 0.168. The van der Waals surface area contributed by atoms with Crippen molar-refractivity contribution >= 4 is 71.0 Å². The van der Waals surface area contributed by atoms with Crippen LogP contribution in [0.15, 0.2) is 206 Å². The van der Waals surface area contributed by atoms with E-state index >= 15 is 0 Å². The SMILES string of the molecule is CC1(C)C2=C(C=CCC=C2)c2ccc(-n3c4ccccc4c4c3c3c5ccccc5n(-c5ccc6c(c5)C(C)(C)c5ccccc5-6)c3c3c5ccccc5n(-c5ccc6c(c5)C(C)(C)c5ccccc5-6)c43)cc21. The molecule has 0 aliphatic heterocycles. The lowest BCUT2D eigenvalue weighted by atomic mass is 9.81. The molecule has 16 rings (SSSR count). The summed E-state index contributed by atoms with van der Waals surface area (Å²) < 4.78 is 7.87. The van der Waals surface area contributed by atoms with Gasteiger partial charge in [-0.2, -0.15) is 0 Å². The van der Waals surface area contributed by atoms with Gasteiger partial charge in [0.25, 0.3) is 0 Å². The molecule has 9 aromatic carbocycles. The highest BCUT2D eigenvalue weighted by atomic mass is 15.0. The Kier molecular flexibility index (Phi) is 7.89. The Morgan fingerprint density at radius 1 is 0.329 bits per heavy atom. The molecule has 0 spiro atoms. The Balaban J connectivity index is 1.10. The third-order valence-electron chi connectivity index (χ3n) is 18.0. The number of aromatic nitrogens is 3. The minimum atomic E-state index is -0.169. The number of fused-ring (bicyclic) bond motifs is 20. The van der Waals surface area contributed by atoms with Crippen LogP contribution in [-0.4, -0.2) is 13.7 Å². The molecule has 0 unspecified atom stereocenters. The summed E-state index contributed by atoms with van der Waals surface area (Å²) in [7, 11) is 0. The molecule has 0 N–H and O–H groups in total. The van der Waals surface area contributed by atoms with Crippen LogP contribution in [0.25, 0.3) is 110 Å². The van der Waals surface area contributed by atoms with Crippen LogP contribution in [-0.2, 0) is 16.2 Å². The van der Waals surface area contributed by atoms with E-state index in [4.69, 9.17) is 0 Å².